The van der Waals surface area contributed by atoms with Gasteiger partial charge in [-0.2, -0.15) is 0 Å². The molecule has 5 nitrogen and oxygen atoms in total. The van der Waals surface area contributed by atoms with E-state index in [0.717, 1.165) is 4.88 Å². The fraction of sp³-hybridized carbons (Fsp3) is 0.400. The van der Waals surface area contributed by atoms with E-state index in [-0.39, 0.29) is 0 Å². The van der Waals surface area contributed by atoms with Crippen LogP contribution in [0.2, 0.25) is 0 Å². The van der Waals surface area contributed by atoms with Crippen LogP contribution in [-0.2, 0) is 4.79 Å². The number of nitrogens with one attached hydrogen (secondary N) is 1. The quantitative estimate of drug-likeness (QED) is 0.835. The molecule has 1 aromatic rings. The molecule has 1 heterocycles. The number of carbonyl (C=O) groups excluding carboxylic acids is 1. The molecule has 88 valence electrons. The van der Waals surface area contributed by atoms with Gasteiger partial charge in [-0.25, -0.2) is 0 Å². The lowest BCUT2D eigenvalue weighted by atomic mass is 10.3. The van der Waals surface area contributed by atoms with Gasteiger partial charge >= 0.3 is 5.97 Å². The van der Waals surface area contributed by atoms with Gasteiger partial charge in [0.05, 0.1) is 7.11 Å². The van der Waals surface area contributed by atoms with Crippen molar-refractivity contribution in [2.45, 2.75) is 19.9 Å². The molecule has 2 N–H and O–H groups in total. The van der Waals surface area contributed by atoms with E-state index >= 15 is 0 Å². The van der Waals surface area contributed by atoms with Gasteiger partial charge in [-0.05, 0) is 19.9 Å². The van der Waals surface area contributed by atoms with E-state index in [1.54, 1.807) is 6.07 Å². The van der Waals surface area contributed by atoms with Crippen molar-refractivity contribution < 1.29 is 19.4 Å². The fourth-order valence-corrected chi connectivity index (χ4v) is 2.01. The summed E-state index contributed by atoms with van der Waals surface area (Å²) in [6, 6.07) is 0.824. The van der Waals surface area contributed by atoms with Gasteiger partial charge in [-0.3, -0.25) is 9.59 Å². The van der Waals surface area contributed by atoms with Gasteiger partial charge in [0.2, 0.25) is 0 Å². The first kappa shape index (κ1) is 12.5. The third kappa shape index (κ3) is 2.73. The lowest BCUT2D eigenvalue weighted by Crippen LogP contribution is -2.38. The molecule has 6 heteroatoms. The molecule has 0 aliphatic rings. The minimum atomic E-state index is -1.07. The number of thiophene rings is 1. The molecule has 1 amide bonds. The Bertz CT molecular complexity index is 413. The number of carboxylic acid groups (broad SMARTS) is 1. The second-order valence-electron chi connectivity index (χ2n) is 3.29. The van der Waals surface area contributed by atoms with Gasteiger partial charge in [0.1, 0.15) is 16.7 Å². The largest absolute Gasteiger partial charge is 0.495 e. The topological polar surface area (TPSA) is 75.6 Å². The zero-order chi connectivity index (χ0) is 12.3. The van der Waals surface area contributed by atoms with Crippen molar-refractivity contribution in [3.63, 3.8) is 0 Å². The average molecular weight is 243 g/mol. The zero-order valence-corrected chi connectivity index (χ0v) is 10.1. The Kier molecular flexibility index (Phi) is 3.89. The Labute approximate surface area is 97.0 Å². The number of carboxylic acids is 1. The van der Waals surface area contributed by atoms with Crippen LogP contribution in [0, 0.1) is 6.92 Å². The van der Waals surface area contributed by atoms with Crippen molar-refractivity contribution in [3.05, 3.63) is 15.8 Å². The molecule has 0 radical (unpaired) electrons. The summed E-state index contributed by atoms with van der Waals surface area (Å²) < 4.78 is 5.03. The second kappa shape index (κ2) is 4.98. The van der Waals surface area contributed by atoms with Crippen molar-refractivity contribution in [1.29, 1.82) is 0 Å². The van der Waals surface area contributed by atoms with Crippen molar-refractivity contribution >= 4 is 23.2 Å². The van der Waals surface area contributed by atoms with E-state index in [1.165, 1.54) is 25.4 Å². The van der Waals surface area contributed by atoms with Gasteiger partial charge in [-0.1, -0.05) is 0 Å². The van der Waals surface area contributed by atoms with Gasteiger partial charge in [0.15, 0.2) is 0 Å². The zero-order valence-electron chi connectivity index (χ0n) is 9.23. The van der Waals surface area contributed by atoms with Crippen LogP contribution in [0.3, 0.4) is 0 Å². The lowest BCUT2D eigenvalue weighted by molar-refractivity contribution is -0.138. The maximum atomic E-state index is 11.7. The van der Waals surface area contributed by atoms with E-state index in [2.05, 4.69) is 5.32 Å². The summed E-state index contributed by atoms with van der Waals surface area (Å²) >= 11 is 1.27. The molecular weight excluding hydrogens is 230 g/mol. The normalized spacial score (nSPS) is 11.9. The highest BCUT2D eigenvalue weighted by Gasteiger charge is 2.20. The minimum Gasteiger partial charge on any atom is -0.495 e. The predicted octanol–water partition coefficient (Wildman–Crippen LogP) is 1.27. The van der Waals surface area contributed by atoms with Gasteiger partial charge in [0, 0.05) is 4.88 Å². The Morgan fingerprint density at radius 3 is 2.69 bits per heavy atom. The summed E-state index contributed by atoms with van der Waals surface area (Å²) in [5.41, 5.74) is 0. The molecule has 0 unspecified atom stereocenters. The SMILES string of the molecule is COc1cc(C)sc1C(=O)N[C@@H](C)C(=O)O. The Morgan fingerprint density at radius 2 is 2.19 bits per heavy atom. The van der Waals surface area contributed by atoms with Crippen LogP contribution < -0.4 is 10.1 Å². The lowest BCUT2D eigenvalue weighted by Gasteiger charge is -2.08. The molecule has 0 aromatic carbocycles. The molecule has 0 bridgehead atoms. The smallest absolute Gasteiger partial charge is 0.325 e. The van der Waals surface area contributed by atoms with Gasteiger partial charge < -0.3 is 15.2 Å². The van der Waals surface area contributed by atoms with E-state index in [9.17, 15) is 9.59 Å². The molecule has 0 saturated heterocycles. The average Bonchev–Trinajstić information content (AvgIpc) is 2.59. The van der Waals surface area contributed by atoms with Crippen LogP contribution in [0.15, 0.2) is 6.07 Å². The third-order valence-electron chi connectivity index (χ3n) is 1.97. The molecule has 1 rings (SSSR count). The van der Waals surface area contributed by atoms with Crippen molar-refractivity contribution in [3.8, 4) is 5.75 Å². The molecule has 16 heavy (non-hydrogen) atoms. The van der Waals surface area contributed by atoms with Crippen LogP contribution in [0.1, 0.15) is 21.5 Å². The summed E-state index contributed by atoms with van der Waals surface area (Å²) in [6.07, 6.45) is 0. The van der Waals surface area contributed by atoms with Gasteiger partial charge in [0.25, 0.3) is 5.91 Å². The molecule has 0 fully saturated rings. The Morgan fingerprint density at radius 1 is 1.56 bits per heavy atom. The molecule has 1 atom stereocenters. The first-order chi connectivity index (χ1) is 7.45. The van der Waals surface area contributed by atoms with E-state index in [1.807, 2.05) is 6.92 Å². The van der Waals surface area contributed by atoms with E-state index in [4.69, 9.17) is 9.84 Å². The minimum absolute atomic E-state index is 0.396. The number of aliphatic carboxylic acids is 1. The number of rotatable bonds is 4. The molecule has 0 aliphatic heterocycles. The highest BCUT2D eigenvalue weighted by atomic mass is 32.1. The van der Waals surface area contributed by atoms with E-state index < -0.39 is 17.9 Å². The van der Waals surface area contributed by atoms with Crippen LogP contribution in [0.4, 0.5) is 0 Å². The second-order valence-corrected chi connectivity index (χ2v) is 4.54. The number of methoxy groups -OCH3 is 1. The summed E-state index contributed by atoms with van der Waals surface area (Å²) in [5.74, 6) is -1.02. The number of hydrogen-bond donors (Lipinski definition) is 2. The molecule has 0 saturated carbocycles. The van der Waals surface area contributed by atoms with E-state index in [0.29, 0.717) is 10.6 Å². The predicted molar refractivity (Wildman–Crippen MR) is 60.2 cm³/mol. The van der Waals surface area contributed by atoms with Gasteiger partial charge in [-0.15, -0.1) is 11.3 Å². The third-order valence-corrected chi connectivity index (χ3v) is 3.00. The Hall–Kier alpha value is -1.56. The highest BCUT2D eigenvalue weighted by molar-refractivity contribution is 7.14. The first-order valence-corrected chi connectivity index (χ1v) is 5.45. The molecule has 0 aliphatic carbocycles. The first-order valence-electron chi connectivity index (χ1n) is 4.63. The summed E-state index contributed by atoms with van der Waals surface area (Å²) in [7, 11) is 1.47. The molecule has 1 aromatic heterocycles. The van der Waals surface area contributed by atoms with Crippen molar-refractivity contribution in [2.75, 3.05) is 7.11 Å². The van der Waals surface area contributed by atoms with Crippen LogP contribution in [-0.4, -0.2) is 30.1 Å². The molecule has 0 spiro atoms. The fourth-order valence-electron chi connectivity index (χ4n) is 1.12. The number of hydrogen-bond acceptors (Lipinski definition) is 4. The van der Waals surface area contributed by atoms with Crippen LogP contribution in [0.5, 0.6) is 5.75 Å². The maximum absolute atomic E-state index is 11.7. The summed E-state index contributed by atoms with van der Waals surface area (Å²) in [5, 5.41) is 11.0. The Balaban J connectivity index is 2.84. The number of amides is 1. The standard InChI is InChI=1S/C10H13NO4S/c1-5-4-7(15-3)8(16-5)9(12)11-6(2)10(13)14/h4,6H,1-3H3,(H,11,12)(H,13,14)/t6-/m0/s1. The van der Waals surface area contributed by atoms with Crippen molar-refractivity contribution in [2.24, 2.45) is 0 Å². The summed E-state index contributed by atoms with van der Waals surface area (Å²) in [4.78, 5) is 23.6. The highest BCUT2D eigenvalue weighted by Crippen LogP contribution is 2.28. The number of aryl methyl sites for hydroxylation is 1. The molecular formula is C10H13NO4S. The summed E-state index contributed by atoms with van der Waals surface area (Å²) in [6.45, 7) is 3.26. The number of carbonyl (C=O) groups is 2. The van der Waals surface area contributed by atoms with Crippen molar-refractivity contribution in [1.82, 2.24) is 5.32 Å². The maximum Gasteiger partial charge on any atom is 0.325 e. The monoisotopic (exact) mass is 243 g/mol. The number of ether oxygens (including phenoxy) is 1. The van der Waals surface area contributed by atoms with Crippen LogP contribution >= 0.6 is 11.3 Å². The van der Waals surface area contributed by atoms with Crippen LogP contribution in [0.25, 0.3) is 0 Å².